The van der Waals surface area contributed by atoms with E-state index >= 15 is 0 Å². The van der Waals surface area contributed by atoms with Crippen LogP contribution in [0.25, 0.3) is 0 Å². The molecular formula is C2H10N2OP2. The van der Waals surface area contributed by atoms with Gasteiger partial charge in [0, 0.05) is 0 Å². The Kier molecular flexibility index (Phi) is 9.61. The summed E-state index contributed by atoms with van der Waals surface area (Å²) in [6.45, 7) is 0. The molecule has 5 heteroatoms. The average molecular weight is 140 g/mol. The lowest BCUT2D eigenvalue weighted by Gasteiger charge is -1.92. The Morgan fingerprint density at radius 2 is 2.00 bits per heavy atom. The van der Waals surface area contributed by atoms with E-state index in [-0.39, 0.29) is 5.48 Å². The summed E-state index contributed by atoms with van der Waals surface area (Å²) in [6, 6.07) is 0. The molecule has 1 atom stereocenters. The van der Waals surface area contributed by atoms with Crippen molar-refractivity contribution in [3.05, 3.63) is 0 Å². The fourth-order valence-electron chi connectivity index (χ4n) is 0.103. The summed E-state index contributed by atoms with van der Waals surface area (Å²) < 4.78 is 5.72. The molecule has 0 aliphatic heterocycles. The Morgan fingerprint density at radius 3 is 2.00 bits per heavy atom. The summed E-state index contributed by atoms with van der Waals surface area (Å²) >= 11 is 0. The average Bonchev–Trinajstić information content (AvgIpc) is 1.35. The highest BCUT2D eigenvalue weighted by Gasteiger charge is 1.72. The normalized spacial score (nSPS) is 9.71. The Bertz CT molecular complexity index is 55.7. The molecule has 0 spiro atoms. The molecule has 0 aromatic heterocycles. The van der Waals surface area contributed by atoms with Crippen molar-refractivity contribution in [3.8, 4) is 0 Å². The summed E-state index contributed by atoms with van der Waals surface area (Å²) in [7, 11) is 7.23. The zero-order chi connectivity index (χ0) is 4.99. The molecule has 7 heavy (non-hydrogen) atoms. The van der Waals surface area contributed by atoms with Crippen LogP contribution in [0.4, 0.5) is 0 Å². The molecule has 0 aliphatic carbocycles. The van der Waals surface area contributed by atoms with Gasteiger partial charge in [-0.15, -0.1) is 0 Å². The first-order chi connectivity index (χ1) is 2.77. The van der Waals surface area contributed by atoms with Gasteiger partial charge >= 0.3 is 0 Å². The standard InChI is InChI=1S/C2H8N2P2.H2O/c1-4(2)6-3-5;/h5H2,1-2H3;1H2. The van der Waals surface area contributed by atoms with Gasteiger partial charge in [0.1, 0.15) is 0 Å². The summed E-state index contributed by atoms with van der Waals surface area (Å²) in [5.41, 5.74) is 0. The third-order valence-electron chi connectivity index (χ3n) is 0.231. The van der Waals surface area contributed by atoms with E-state index in [4.69, 9.17) is 0 Å². The minimum atomic E-state index is 0. The van der Waals surface area contributed by atoms with Crippen LogP contribution in [-0.4, -0.2) is 24.2 Å². The van der Waals surface area contributed by atoms with Crippen LogP contribution in [0.3, 0.4) is 0 Å². The molecule has 0 saturated carbocycles. The van der Waals surface area contributed by atoms with Crippen molar-refractivity contribution < 1.29 is 5.48 Å². The van der Waals surface area contributed by atoms with Crippen LogP contribution in [0.5, 0.6) is 0 Å². The highest BCUT2D eigenvalue weighted by atomic mass is 31.1. The van der Waals surface area contributed by atoms with Crippen molar-refractivity contribution in [3.63, 3.8) is 0 Å². The summed E-state index contributed by atoms with van der Waals surface area (Å²) in [4.78, 5) is 0. The van der Waals surface area contributed by atoms with Gasteiger partial charge < -0.3 is 5.48 Å². The van der Waals surface area contributed by atoms with Gasteiger partial charge in [0.05, 0.1) is 8.52 Å². The van der Waals surface area contributed by atoms with E-state index < -0.39 is 0 Å². The monoisotopic (exact) mass is 140 g/mol. The predicted octanol–water partition coefficient (Wildman–Crippen LogP) is 0.558. The summed E-state index contributed by atoms with van der Waals surface area (Å²) in [5, 5.41) is 0. The molecule has 0 saturated heterocycles. The first-order valence-electron chi connectivity index (χ1n) is 1.55. The van der Waals surface area contributed by atoms with Crippen LogP contribution in [-0.2, 0) is 0 Å². The van der Waals surface area contributed by atoms with Crippen molar-refractivity contribution in [1.82, 2.24) is 4.67 Å². The molecule has 0 amide bonds. The molecule has 0 fully saturated rings. The first-order valence-corrected chi connectivity index (χ1v) is 2.87. The van der Waals surface area contributed by atoms with E-state index in [2.05, 4.69) is 13.9 Å². The maximum atomic E-state index is 3.75. The minimum absolute atomic E-state index is 0. The van der Waals surface area contributed by atoms with Crippen molar-refractivity contribution in [1.29, 1.82) is 0 Å². The number of hydrogen-bond donors (Lipinski definition) is 0. The summed E-state index contributed by atoms with van der Waals surface area (Å²) in [6.07, 6.45) is 0. The van der Waals surface area contributed by atoms with Gasteiger partial charge in [-0.05, 0) is 23.5 Å². The van der Waals surface area contributed by atoms with Gasteiger partial charge in [-0.3, -0.25) is 0 Å². The van der Waals surface area contributed by atoms with E-state index in [1.807, 2.05) is 18.8 Å². The molecule has 0 aromatic carbocycles. The molecule has 0 aromatic rings. The van der Waals surface area contributed by atoms with Gasteiger partial charge in [0.2, 0.25) is 0 Å². The van der Waals surface area contributed by atoms with E-state index in [1.54, 1.807) is 0 Å². The fourth-order valence-corrected chi connectivity index (χ4v) is 0.930. The maximum absolute atomic E-state index is 3.75. The second-order valence-corrected chi connectivity index (χ2v) is 2.95. The second kappa shape index (κ2) is 6.45. The lowest BCUT2D eigenvalue weighted by Crippen LogP contribution is -1.90. The van der Waals surface area contributed by atoms with Gasteiger partial charge in [-0.25, -0.2) is 9.19 Å². The Balaban J connectivity index is 0. The Labute approximate surface area is 47.6 Å². The molecule has 3 nitrogen and oxygen atoms in total. The van der Waals surface area contributed by atoms with E-state index in [0.717, 1.165) is 8.52 Å². The summed E-state index contributed by atoms with van der Waals surface area (Å²) in [5.74, 6) is 0. The van der Waals surface area contributed by atoms with Crippen molar-refractivity contribution in [2.45, 2.75) is 0 Å². The second-order valence-electron chi connectivity index (χ2n) is 1.05. The van der Waals surface area contributed by atoms with E-state index in [9.17, 15) is 0 Å². The highest BCUT2D eigenvalue weighted by molar-refractivity contribution is 7.33. The van der Waals surface area contributed by atoms with Crippen LogP contribution in [0, 0.1) is 0 Å². The van der Waals surface area contributed by atoms with Crippen molar-refractivity contribution in [2.24, 2.45) is 4.52 Å². The highest BCUT2D eigenvalue weighted by Crippen LogP contribution is 2.04. The predicted molar refractivity (Wildman–Crippen MR) is 36.4 cm³/mol. The van der Waals surface area contributed by atoms with Gasteiger partial charge in [-0.2, -0.15) is 0 Å². The quantitative estimate of drug-likeness (QED) is 0.491. The minimum Gasteiger partial charge on any atom is -0.412 e. The lowest BCUT2D eigenvalue weighted by molar-refractivity contribution is 0.697. The largest absolute Gasteiger partial charge is 0.412 e. The van der Waals surface area contributed by atoms with Gasteiger partial charge in [0.25, 0.3) is 0 Å². The molecule has 0 rings (SSSR count). The molecule has 44 valence electrons. The topological polar surface area (TPSA) is 47.1 Å². The van der Waals surface area contributed by atoms with Gasteiger partial charge in [-0.1, -0.05) is 0 Å². The zero-order valence-electron chi connectivity index (χ0n) is 4.42. The van der Waals surface area contributed by atoms with Crippen LogP contribution in [0.2, 0.25) is 0 Å². The first kappa shape index (κ1) is 10.4. The van der Waals surface area contributed by atoms with Crippen LogP contribution in [0.15, 0.2) is 4.52 Å². The molecule has 2 N–H and O–H groups in total. The van der Waals surface area contributed by atoms with Crippen molar-refractivity contribution in [2.75, 3.05) is 14.1 Å². The zero-order valence-corrected chi connectivity index (χ0v) is 6.47. The third-order valence-corrected chi connectivity index (χ3v) is 1.00. The third kappa shape index (κ3) is 10.7. The molecule has 0 radical (unpaired) electrons. The van der Waals surface area contributed by atoms with E-state index in [1.165, 1.54) is 0 Å². The molecule has 0 aliphatic rings. The lowest BCUT2D eigenvalue weighted by atomic mass is 11.3. The van der Waals surface area contributed by atoms with Crippen LogP contribution < -0.4 is 0 Å². The number of hydrogen-bond acceptors (Lipinski definition) is 1. The molecule has 1 unspecified atom stereocenters. The smallest absolute Gasteiger partial charge is 0.0962 e. The number of nitrogens with zero attached hydrogens (tertiary/aromatic N) is 2. The maximum Gasteiger partial charge on any atom is 0.0962 e. The molecular weight excluding hydrogens is 130 g/mol. The number of rotatable bonds is 1. The van der Waals surface area contributed by atoms with Crippen LogP contribution in [0.1, 0.15) is 0 Å². The Hall–Kier alpha value is 0.450. The SMILES string of the molecule is CN(C)P=NP.O. The van der Waals surface area contributed by atoms with Crippen LogP contribution >= 0.6 is 17.9 Å². The van der Waals surface area contributed by atoms with E-state index in [0.29, 0.717) is 0 Å². The van der Waals surface area contributed by atoms with Crippen molar-refractivity contribution >= 4 is 17.9 Å². The fraction of sp³-hybridized carbons (Fsp3) is 1.00. The Morgan fingerprint density at radius 1 is 1.57 bits per heavy atom. The van der Waals surface area contributed by atoms with Gasteiger partial charge in [0.15, 0.2) is 0 Å². The molecule has 0 bridgehead atoms. The molecule has 0 heterocycles.